The van der Waals surface area contributed by atoms with Gasteiger partial charge in [0, 0.05) is 18.5 Å². The minimum absolute atomic E-state index is 0.0377. The van der Waals surface area contributed by atoms with Crippen LogP contribution in [0, 0.1) is 5.92 Å². The van der Waals surface area contributed by atoms with Gasteiger partial charge in [0.1, 0.15) is 0 Å². The van der Waals surface area contributed by atoms with Crippen molar-refractivity contribution in [3.63, 3.8) is 0 Å². The third-order valence-electron chi connectivity index (χ3n) is 4.76. The van der Waals surface area contributed by atoms with Crippen LogP contribution in [0.5, 0.6) is 0 Å². The number of nitrogens with one attached hydrogen (secondary N) is 1. The highest BCUT2D eigenvalue weighted by molar-refractivity contribution is 5.79. The molecular weight excluding hydrogens is 317 g/mol. The van der Waals surface area contributed by atoms with Gasteiger partial charge in [0.2, 0.25) is 5.91 Å². The summed E-state index contributed by atoms with van der Waals surface area (Å²) in [5, 5.41) is 3.31. The lowest BCUT2D eigenvalue weighted by atomic mass is 9.91. The third-order valence-corrected chi connectivity index (χ3v) is 4.76. The molecule has 1 amide bonds. The fourth-order valence-electron chi connectivity index (χ4n) is 3.37. The Morgan fingerprint density at radius 3 is 2.71 bits per heavy atom. The van der Waals surface area contributed by atoms with Crippen molar-refractivity contribution in [1.82, 2.24) is 10.2 Å². The first-order valence-corrected chi connectivity index (χ1v) is 8.45. The van der Waals surface area contributed by atoms with Crippen LogP contribution in [0.1, 0.15) is 50.8 Å². The van der Waals surface area contributed by atoms with Gasteiger partial charge in [0.05, 0.1) is 11.6 Å². The highest BCUT2D eigenvalue weighted by Crippen LogP contribution is 2.32. The van der Waals surface area contributed by atoms with Crippen LogP contribution in [0.25, 0.3) is 0 Å². The first kappa shape index (κ1) is 18.8. The van der Waals surface area contributed by atoms with Crippen LogP contribution in [0.4, 0.5) is 13.2 Å². The molecule has 1 heterocycles. The summed E-state index contributed by atoms with van der Waals surface area (Å²) < 4.78 is 38.8. The zero-order chi connectivity index (χ0) is 17.9. The zero-order valence-electron chi connectivity index (χ0n) is 14.4. The predicted molar refractivity (Wildman–Crippen MR) is 87.4 cm³/mol. The normalized spacial score (nSPS) is 22.9. The Morgan fingerprint density at radius 2 is 2.12 bits per heavy atom. The molecule has 3 nitrogen and oxygen atoms in total. The molecule has 134 valence electrons. The standard InChI is InChI=1S/C18H25F3N2O/c1-4-23(17(24)15-8-9-22-12(2)10-15)13(3)14-6-5-7-16(11-14)18(19,20)21/h5-7,11-13,15,22H,4,8-10H2,1-3H3/t12-,13?,15-/m0/s1. The molecule has 3 atom stereocenters. The fourth-order valence-corrected chi connectivity index (χ4v) is 3.37. The van der Waals surface area contributed by atoms with Crippen LogP contribution in [0.2, 0.25) is 0 Å². The topological polar surface area (TPSA) is 32.3 Å². The number of carbonyl (C=O) groups excluding carboxylic acids is 1. The maximum absolute atomic E-state index is 12.9. The van der Waals surface area contributed by atoms with Gasteiger partial charge < -0.3 is 10.2 Å². The van der Waals surface area contributed by atoms with E-state index in [1.54, 1.807) is 17.9 Å². The Bertz CT molecular complexity index is 574. The van der Waals surface area contributed by atoms with Crippen molar-refractivity contribution in [3.8, 4) is 0 Å². The van der Waals surface area contributed by atoms with E-state index in [1.807, 2.05) is 13.8 Å². The molecule has 0 bridgehead atoms. The van der Waals surface area contributed by atoms with Crippen LogP contribution < -0.4 is 5.32 Å². The van der Waals surface area contributed by atoms with Crippen LogP contribution in [0.3, 0.4) is 0 Å². The van der Waals surface area contributed by atoms with Crippen molar-refractivity contribution >= 4 is 5.91 Å². The van der Waals surface area contributed by atoms with Gasteiger partial charge in [-0.3, -0.25) is 4.79 Å². The number of amides is 1. The summed E-state index contributed by atoms with van der Waals surface area (Å²) in [6.45, 7) is 6.99. The average Bonchev–Trinajstić information content (AvgIpc) is 2.54. The Morgan fingerprint density at radius 1 is 1.42 bits per heavy atom. The largest absolute Gasteiger partial charge is 0.416 e. The number of benzene rings is 1. The second-order valence-electron chi connectivity index (χ2n) is 6.50. The maximum Gasteiger partial charge on any atom is 0.416 e. The lowest BCUT2D eigenvalue weighted by Gasteiger charge is -2.35. The van der Waals surface area contributed by atoms with E-state index in [1.165, 1.54) is 6.07 Å². The predicted octanol–water partition coefficient (Wildman–Crippen LogP) is 4.00. The van der Waals surface area contributed by atoms with Gasteiger partial charge >= 0.3 is 6.18 Å². The van der Waals surface area contributed by atoms with Crippen molar-refractivity contribution in [2.45, 2.75) is 51.9 Å². The van der Waals surface area contributed by atoms with E-state index in [4.69, 9.17) is 0 Å². The minimum atomic E-state index is -4.37. The molecule has 1 saturated heterocycles. The van der Waals surface area contributed by atoms with Crippen LogP contribution in [0.15, 0.2) is 24.3 Å². The molecule has 1 aromatic carbocycles. The van der Waals surface area contributed by atoms with E-state index in [0.717, 1.165) is 31.5 Å². The summed E-state index contributed by atoms with van der Waals surface area (Å²) >= 11 is 0. The Hall–Kier alpha value is -1.56. The van der Waals surface area contributed by atoms with E-state index in [-0.39, 0.29) is 23.9 Å². The van der Waals surface area contributed by atoms with Gasteiger partial charge in [-0.1, -0.05) is 12.1 Å². The lowest BCUT2D eigenvalue weighted by molar-refractivity contribution is -0.138. The molecule has 2 rings (SSSR count). The maximum atomic E-state index is 12.9. The number of alkyl halides is 3. The van der Waals surface area contributed by atoms with Gasteiger partial charge in [-0.15, -0.1) is 0 Å². The van der Waals surface area contributed by atoms with Crippen molar-refractivity contribution in [3.05, 3.63) is 35.4 Å². The number of carbonyl (C=O) groups is 1. The molecule has 0 aromatic heterocycles. The minimum Gasteiger partial charge on any atom is -0.336 e. The highest BCUT2D eigenvalue weighted by Gasteiger charge is 2.33. The smallest absolute Gasteiger partial charge is 0.336 e. The first-order chi connectivity index (χ1) is 11.2. The monoisotopic (exact) mass is 342 g/mol. The van der Waals surface area contributed by atoms with Crippen molar-refractivity contribution in [2.24, 2.45) is 5.92 Å². The van der Waals surface area contributed by atoms with Crippen molar-refractivity contribution < 1.29 is 18.0 Å². The summed E-state index contributed by atoms with van der Waals surface area (Å²) in [5.41, 5.74) is -0.159. The van der Waals surface area contributed by atoms with Crippen molar-refractivity contribution in [2.75, 3.05) is 13.1 Å². The number of nitrogens with zero attached hydrogens (tertiary/aromatic N) is 1. The quantitative estimate of drug-likeness (QED) is 0.897. The van der Waals surface area contributed by atoms with Gasteiger partial charge in [-0.2, -0.15) is 13.2 Å². The second kappa shape index (κ2) is 7.55. The van der Waals surface area contributed by atoms with E-state index < -0.39 is 11.7 Å². The van der Waals surface area contributed by atoms with E-state index >= 15 is 0 Å². The molecule has 1 aliphatic rings. The molecule has 0 saturated carbocycles. The molecule has 1 aliphatic heterocycles. The van der Waals surface area contributed by atoms with E-state index in [9.17, 15) is 18.0 Å². The molecule has 1 aromatic rings. The second-order valence-corrected chi connectivity index (χ2v) is 6.50. The number of piperidine rings is 1. The summed E-state index contributed by atoms with van der Waals surface area (Å²) in [7, 11) is 0. The molecule has 0 radical (unpaired) electrons. The number of halogens is 3. The third kappa shape index (κ3) is 4.29. The van der Waals surface area contributed by atoms with Gasteiger partial charge in [-0.25, -0.2) is 0 Å². The highest BCUT2D eigenvalue weighted by atomic mass is 19.4. The summed E-state index contributed by atoms with van der Waals surface area (Å²) in [4.78, 5) is 14.5. The molecule has 1 unspecified atom stereocenters. The average molecular weight is 342 g/mol. The zero-order valence-corrected chi connectivity index (χ0v) is 14.4. The molecule has 1 N–H and O–H groups in total. The van der Waals surface area contributed by atoms with Gasteiger partial charge in [-0.05, 0) is 57.9 Å². The Balaban J connectivity index is 2.19. The molecule has 24 heavy (non-hydrogen) atoms. The number of hydrogen-bond donors (Lipinski definition) is 1. The van der Waals surface area contributed by atoms with Crippen LogP contribution in [-0.4, -0.2) is 29.9 Å². The summed E-state index contributed by atoms with van der Waals surface area (Å²) in [6.07, 6.45) is -2.83. The molecular formula is C18H25F3N2O. The Kier molecular flexibility index (Phi) is 5.91. The number of hydrogen-bond acceptors (Lipinski definition) is 2. The SMILES string of the molecule is CCN(C(=O)[C@H]1CCN[C@@H](C)C1)C(C)c1cccc(C(F)(F)F)c1. The van der Waals surface area contributed by atoms with Crippen LogP contribution in [-0.2, 0) is 11.0 Å². The molecule has 0 spiro atoms. The van der Waals surface area contributed by atoms with E-state index in [2.05, 4.69) is 5.32 Å². The molecule has 0 aliphatic carbocycles. The summed E-state index contributed by atoms with van der Waals surface area (Å²) in [6, 6.07) is 5.17. The van der Waals surface area contributed by atoms with Crippen molar-refractivity contribution in [1.29, 1.82) is 0 Å². The Labute approximate surface area is 141 Å². The van der Waals surface area contributed by atoms with E-state index in [0.29, 0.717) is 12.1 Å². The number of rotatable bonds is 4. The lowest BCUT2D eigenvalue weighted by Crippen LogP contribution is -2.44. The fraction of sp³-hybridized carbons (Fsp3) is 0.611. The van der Waals surface area contributed by atoms with Gasteiger partial charge in [0.15, 0.2) is 0 Å². The summed E-state index contributed by atoms with van der Waals surface area (Å²) in [5.74, 6) is -0.0230. The first-order valence-electron chi connectivity index (χ1n) is 8.45. The van der Waals surface area contributed by atoms with Gasteiger partial charge in [0.25, 0.3) is 0 Å². The molecule has 1 fully saturated rings. The molecule has 6 heteroatoms. The van der Waals surface area contributed by atoms with Crippen LogP contribution >= 0.6 is 0 Å².